The number of sulfonamides is 1. The van der Waals surface area contributed by atoms with E-state index in [1.165, 1.54) is 12.1 Å². The van der Waals surface area contributed by atoms with Gasteiger partial charge in [0.2, 0.25) is 0 Å². The van der Waals surface area contributed by atoms with Gasteiger partial charge in [-0.1, -0.05) is 29.3 Å². The fourth-order valence-electron chi connectivity index (χ4n) is 3.38. The quantitative estimate of drug-likeness (QED) is 0.323. The van der Waals surface area contributed by atoms with Crippen LogP contribution in [0.3, 0.4) is 0 Å². The standard InChI is InChI=1S/C26H31Cl2F3N2O6S/c1-14-8-9-17(33-40(36,37)21-18(27)12-16(13-19(21)28)26(29,30)31)10-15(14)11-20(22(34)38-24(2,3)4)32-23(35)39-25(5,6)7/h8-10,12-13,20,33H,11H2,1-7H3,(H,32,35)/t20-/m0/s1. The first-order valence-corrected chi connectivity index (χ1v) is 14.1. The predicted molar refractivity (Wildman–Crippen MR) is 146 cm³/mol. The van der Waals surface area contributed by atoms with Gasteiger partial charge in [-0.3, -0.25) is 4.72 Å². The van der Waals surface area contributed by atoms with Crippen LogP contribution >= 0.6 is 23.2 Å². The molecule has 0 aliphatic heterocycles. The molecular formula is C26H31Cl2F3N2O6S. The summed E-state index contributed by atoms with van der Waals surface area (Å²) in [5.74, 6) is -0.743. The van der Waals surface area contributed by atoms with E-state index in [-0.39, 0.29) is 12.1 Å². The number of ether oxygens (including phenoxy) is 2. The SMILES string of the molecule is Cc1ccc(NS(=O)(=O)c2c(Cl)cc(C(F)(F)F)cc2Cl)cc1C[C@H](NC(=O)OC(C)(C)C)C(=O)OC(C)(C)C. The molecule has 1 atom stereocenters. The number of anilines is 1. The molecule has 0 saturated carbocycles. The maximum atomic E-state index is 13.1. The number of halogens is 5. The molecule has 2 N–H and O–H groups in total. The maximum Gasteiger partial charge on any atom is 0.416 e. The van der Waals surface area contributed by atoms with Crippen LogP contribution in [-0.2, 0) is 36.9 Å². The third kappa shape index (κ3) is 9.74. The number of benzene rings is 2. The van der Waals surface area contributed by atoms with E-state index in [0.717, 1.165) is 0 Å². The lowest BCUT2D eigenvalue weighted by atomic mass is 10.00. The molecule has 14 heteroatoms. The molecule has 0 fully saturated rings. The van der Waals surface area contributed by atoms with Gasteiger partial charge in [0.25, 0.3) is 10.0 Å². The van der Waals surface area contributed by atoms with Crippen LogP contribution in [-0.4, -0.2) is 37.7 Å². The number of rotatable bonds is 7. The van der Waals surface area contributed by atoms with Gasteiger partial charge in [0.1, 0.15) is 22.1 Å². The number of hydrogen-bond donors (Lipinski definition) is 2. The molecular weight excluding hydrogens is 596 g/mol. The molecule has 2 aromatic carbocycles. The van der Waals surface area contributed by atoms with E-state index in [1.807, 2.05) is 0 Å². The number of hydrogen-bond acceptors (Lipinski definition) is 6. The Balaban J connectivity index is 2.41. The Bertz CT molecular complexity index is 1360. The van der Waals surface area contributed by atoms with Crippen molar-refractivity contribution in [2.45, 2.75) is 83.2 Å². The molecule has 8 nitrogen and oxygen atoms in total. The largest absolute Gasteiger partial charge is 0.458 e. The summed E-state index contributed by atoms with van der Waals surface area (Å²) in [6.45, 7) is 11.7. The van der Waals surface area contributed by atoms with Gasteiger partial charge in [0, 0.05) is 12.1 Å². The number of aryl methyl sites for hydroxylation is 1. The molecule has 40 heavy (non-hydrogen) atoms. The molecule has 0 spiro atoms. The Labute approximate surface area is 241 Å². The summed E-state index contributed by atoms with van der Waals surface area (Å²) in [5, 5.41) is 1.06. The van der Waals surface area contributed by atoms with E-state index in [9.17, 15) is 31.2 Å². The van der Waals surface area contributed by atoms with Gasteiger partial charge in [0.15, 0.2) is 0 Å². The highest BCUT2D eigenvalue weighted by atomic mass is 35.5. The van der Waals surface area contributed by atoms with Gasteiger partial charge in [-0.15, -0.1) is 0 Å². The molecule has 2 rings (SSSR count). The fourth-order valence-corrected chi connectivity index (χ4v) is 5.64. The Kier molecular flexibility index (Phi) is 10.1. The first-order chi connectivity index (χ1) is 18.0. The zero-order chi connectivity index (χ0) is 30.8. The van der Waals surface area contributed by atoms with Crippen LogP contribution in [0.2, 0.25) is 10.0 Å². The van der Waals surface area contributed by atoms with Gasteiger partial charge >= 0.3 is 18.2 Å². The second-order valence-electron chi connectivity index (χ2n) is 10.9. The smallest absolute Gasteiger partial charge is 0.416 e. The summed E-state index contributed by atoms with van der Waals surface area (Å²) in [5.41, 5.74) is -1.79. The molecule has 0 unspecified atom stereocenters. The highest BCUT2D eigenvalue weighted by Gasteiger charge is 2.34. The Morgan fingerprint density at radius 1 is 0.925 bits per heavy atom. The molecule has 1 amide bonds. The average Bonchev–Trinajstić information content (AvgIpc) is 2.71. The average molecular weight is 628 g/mol. The van der Waals surface area contributed by atoms with Crippen LogP contribution in [0.4, 0.5) is 23.7 Å². The van der Waals surface area contributed by atoms with Crippen molar-refractivity contribution in [1.82, 2.24) is 5.32 Å². The normalized spacial score (nSPS) is 13.4. The monoisotopic (exact) mass is 626 g/mol. The number of carbonyl (C=O) groups excluding carboxylic acids is 2. The number of nitrogens with one attached hydrogen (secondary N) is 2. The van der Waals surface area contributed by atoms with E-state index >= 15 is 0 Å². The Morgan fingerprint density at radius 2 is 1.45 bits per heavy atom. The molecule has 0 aliphatic carbocycles. The summed E-state index contributed by atoms with van der Waals surface area (Å²) in [6, 6.07) is 4.12. The molecule has 0 bridgehead atoms. The summed E-state index contributed by atoms with van der Waals surface area (Å²) in [6.07, 6.45) is -5.74. The van der Waals surface area contributed by atoms with E-state index in [2.05, 4.69) is 10.0 Å². The van der Waals surface area contributed by atoms with E-state index < -0.39 is 66.0 Å². The van der Waals surface area contributed by atoms with Crippen molar-refractivity contribution in [3.05, 3.63) is 57.1 Å². The number of alkyl carbamates (subject to hydrolysis) is 1. The van der Waals surface area contributed by atoms with Crippen molar-refractivity contribution in [1.29, 1.82) is 0 Å². The minimum Gasteiger partial charge on any atom is -0.458 e. The zero-order valence-electron chi connectivity index (χ0n) is 22.9. The number of alkyl halides is 3. The van der Waals surface area contributed by atoms with Crippen LogP contribution in [0.15, 0.2) is 35.2 Å². The molecule has 0 heterocycles. The second kappa shape index (κ2) is 12.0. The summed E-state index contributed by atoms with van der Waals surface area (Å²) < 4.78 is 78.3. The van der Waals surface area contributed by atoms with Gasteiger partial charge in [-0.2, -0.15) is 13.2 Å². The topological polar surface area (TPSA) is 111 Å². The van der Waals surface area contributed by atoms with Crippen LogP contribution in [0.1, 0.15) is 58.2 Å². The maximum absolute atomic E-state index is 13.1. The summed E-state index contributed by atoms with van der Waals surface area (Å²) in [7, 11) is -4.54. The first-order valence-electron chi connectivity index (χ1n) is 11.9. The third-order valence-corrected chi connectivity index (χ3v) is 7.30. The molecule has 0 saturated heterocycles. The zero-order valence-corrected chi connectivity index (χ0v) is 25.2. The fraction of sp³-hybridized carbons (Fsp3) is 0.462. The van der Waals surface area contributed by atoms with E-state index in [4.69, 9.17) is 32.7 Å². The van der Waals surface area contributed by atoms with Gasteiger partial charge in [0.05, 0.1) is 15.6 Å². The number of carbonyl (C=O) groups is 2. The number of amides is 1. The van der Waals surface area contributed by atoms with Crippen LogP contribution in [0.5, 0.6) is 0 Å². The summed E-state index contributed by atoms with van der Waals surface area (Å²) in [4.78, 5) is 24.6. The lowest BCUT2D eigenvalue weighted by molar-refractivity contribution is -0.157. The molecule has 0 radical (unpaired) electrons. The van der Waals surface area contributed by atoms with Gasteiger partial charge in [-0.05, 0) is 83.9 Å². The van der Waals surface area contributed by atoms with Crippen molar-refractivity contribution < 1.29 is 40.7 Å². The van der Waals surface area contributed by atoms with E-state index in [1.54, 1.807) is 54.5 Å². The minimum absolute atomic E-state index is 0.00726. The third-order valence-electron chi connectivity index (χ3n) is 5.00. The first kappa shape index (κ1) is 33.5. The van der Waals surface area contributed by atoms with Crippen molar-refractivity contribution in [2.24, 2.45) is 0 Å². The van der Waals surface area contributed by atoms with Crippen molar-refractivity contribution >= 4 is 51.0 Å². The van der Waals surface area contributed by atoms with Crippen molar-refractivity contribution in [3.63, 3.8) is 0 Å². The molecule has 222 valence electrons. The summed E-state index contributed by atoms with van der Waals surface area (Å²) >= 11 is 11.8. The lowest BCUT2D eigenvalue weighted by Gasteiger charge is -2.26. The highest BCUT2D eigenvalue weighted by molar-refractivity contribution is 7.93. The Hall–Kier alpha value is -2.70. The Morgan fingerprint density at radius 3 is 1.93 bits per heavy atom. The van der Waals surface area contributed by atoms with E-state index in [0.29, 0.717) is 23.3 Å². The van der Waals surface area contributed by atoms with Gasteiger partial charge in [-0.25, -0.2) is 18.0 Å². The molecule has 0 aromatic heterocycles. The minimum atomic E-state index is -4.78. The predicted octanol–water partition coefficient (Wildman–Crippen LogP) is 6.90. The van der Waals surface area contributed by atoms with Crippen molar-refractivity contribution in [3.8, 4) is 0 Å². The molecule has 0 aliphatic rings. The van der Waals surface area contributed by atoms with Crippen LogP contribution in [0, 0.1) is 6.92 Å². The second-order valence-corrected chi connectivity index (χ2v) is 13.4. The number of esters is 1. The lowest BCUT2D eigenvalue weighted by Crippen LogP contribution is -2.47. The highest BCUT2D eigenvalue weighted by Crippen LogP contribution is 2.38. The van der Waals surface area contributed by atoms with Crippen LogP contribution < -0.4 is 10.0 Å². The van der Waals surface area contributed by atoms with Crippen LogP contribution in [0.25, 0.3) is 0 Å². The van der Waals surface area contributed by atoms with Crippen molar-refractivity contribution in [2.75, 3.05) is 4.72 Å². The van der Waals surface area contributed by atoms with Gasteiger partial charge < -0.3 is 14.8 Å². The molecule has 2 aromatic rings.